The van der Waals surface area contributed by atoms with Crippen LogP contribution in [0.2, 0.25) is 0 Å². The van der Waals surface area contributed by atoms with Crippen molar-refractivity contribution in [3.05, 3.63) is 41.8 Å². The molecule has 3 nitrogen and oxygen atoms in total. The summed E-state index contributed by atoms with van der Waals surface area (Å²) in [6.45, 7) is 1.92. The second-order valence-corrected chi connectivity index (χ2v) is 3.88. The summed E-state index contributed by atoms with van der Waals surface area (Å²) >= 11 is 0. The topological polar surface area (TPSA) is 43.8 Å². The van der Waals surface area contributed by atoms with Gasteiger partial charge in [-0.25, -0.2) is 4.39 Å². The predicted octanol–water partition coefficient (Wildman–Crippen LogP) is 2.25. The second kappa shape index (κ2) is 4.06. The number of nitrogens with two attached hydrogens (primary N) is 1. The smallest absolute Gasteiger partial charge is 0.169 e. The van der Waals surface area contributed by atoms with E-state index in [0.29, 0.717) is 5.69 Å². The quantitative estimate of drug-likeness (QED) is 0.841. The molecular formula is C12H14FN3. The zero-order valence-electron chi connectivity index (χ0n) is 9.31. The number of rotatable bonds is 2. The van der Waals surface area contributed by atoms with Crippen LogP contribution in [0.25, 0.3) is 11.3 Å². The number of benzene rings is 1. The number of hydrogen-bond donors (Lipinski definition) is 1. The lowest BCUT2D eigenvalue weighted by Crippen LogP contribution is -2.04. The molecule has 0 amide bonds. The highest BCUT2D eigenvalue weighted by Gasteiger charge is 2.10. The average molecular weight is 219 g/mol. The summed E-state index contributed by atoms with van der Waals surface area (Å²) in [5, 5.41) is 3.87. The van der Waals surface area contributed by atoms with Crippen molar-refractivity contribution in [3.8, 4) is 11.3 Å². The van der Waals surface area contributed by atoms with Gasteiger partial charge in [0.25, 0.3) is 0 Å². The van der Waals surface area contributed by atoms with E-state index in [4.69, 9.17) is 5.73 Å². The Labute approximate surface area is 93.7 Å². The van der Waals surface area contributed by atoms with Crippen molar-refractivity contribution in [2.75, 3.05) is 0 Å². The van der Waals surface area contributed by atoms with Gasteiger partial charge in [0.05, 0.1) is 6.20 Å². The summed E-state index contributed by atoms with van der Waals surface area (Å²) < 4.78 is 15.0. The molecule has 1 heterocycles. The first kappa shape index (κ1) is 10.8. The van der Waals surface area contributed by atoms with Gasteiger partial charge in [0.15, 0.2) is 5.82 Å². The van der Waals surface area contributed by atoms with E-state index in [1.165, 1.54) is 10.9 Å². The van der Waals surface area contributed by atoms with Crippen LogP contribution >= 0.6 is 0 Å². The molecule has 16 heavy (non-hydrogen) atoms. The Morgan fingerprint density at radius 3 is 2.38 bits per heavy atom. The van der Waals surface area contributed by atoms with Crippen LogP contribution in [0.5, 0.6) is 0 Å². The lowest BCUT2D eigenvalue weighted by molar-refractivity contribution is 0.629. The van der Waals surface area contributed by atoms with E-state index in [1.54, 1.807) is 7.05 Å². The minimum absolute atomic E-state index is 0.00886. The van der Waals surface area contributed by atoms with E-state index in [-0.39, 0.29) is 11.9 Å². The highest BCUT2D eigenvalue weighted by Crippen LogP contribution is 2.23. The molecule has 0 saturated carbocycles. The van der Waals surface area contributed by atoms with E-state index in [0.717, 1.165) is 11.1 Å². The van der Waals surface area contributed by atoms with Crippen molar-refractivity contribution in [2.45, 2.75) is 13.0 Å². The molecule has 2 aromatic rings. The number of nitrogens with zero attached hydrogens (tertiary/aromatic N) is 2. The van der Waals surface area contributed by atoms with Crippen molar-refractivity contribution in [3.63, 3.8) is 0 Å². The first-order valence-electron chi connectivity index (χ1n) is 5.13. The molecule has 1 aromatic heterocycles. The van der Waals surface area contributed by atoms with Crippen LogP contribution in [0.3, 0.4) is 0 Å². The van der Waals surface area contributed by atoms with Gasteiger partial charge >= 0.3 is 0 Å². The molecule has 0 saturated heterocycles. The maximum absolute atomic E-state index is 13.4. The van der Waals surface area contributed by atoms with Crippen LogP contribution in [0, 0.1) is 5.82 Å². The molecule has 1 aromatic carbocycles. The molecule has 0 unspecified atom stereocenters. The van der Waals surface area contributed by atoms with Gasteiger partial charge < -0.3 is 5.73 Å². The Kier molecular flexibility index (Phi) is 2.75. The molecule has 2 N–H and O–H groups in total. The number of halogens is 1. The zero-order valence-corrected chi connectivity index (χ0v) is 9.31. The predicted molar refractivity (Wildman–Crippen MR) is 61.2 cm³/mol. The van der Waals surface area contributed by atoms with E-state index >= 15 is 0 Å². The SMILES string of the molecule is C[C@H](N)c1ccc(-c2c(F)cnn2C)cc1. The van der Waals surface area contributed by atoms with Crippen molar-refractivity contribution in [1.82, 2.24) is 9.78 Å². The highest BCUT2D eigenvalue weighted by molar-refractivity contribution is 5.60. The molecule has 2 rings (SSSR count). The van der Waals surface area contributed by atoms with Crippen molar-refractivity contribution >= 4 is 0 Å². The van der Waals surface area contributed by atoms with Gasteiger partial charge in [-0.3, -0.25) is 4.68 Å². The maximum atomic E-state index is 13.4. The molecule has 0 bridgehead atoms. The monoisotopic (exact) mass is 219 g/mol. The van der Waals surface area contributed by atoms with Gasteiger partial charge in [-0.1, -0.05) is 24.3 Å². The van der Waals surface area contributed by atoms with Gasteiger partial charge in [-0.2, -0.15) is 5.10 Å². The number of aryl methyl sites for hydroxylation is 1. The van der Waals surface area contributed by atoms with Crippen LogP contribution in [0.15, 0.2) is 30.5 Å². The van der Waals surface area contributed by atoms with E-state index < -0.39 is 0 Å². The minimum Gasteiger partial charge on any atom is -0.324 e. The van der Waals surface area contributed by atoms with E-state index in [9.17, 15) is 4.39 Å². The Balaban J connectivity index is 2.42. The summed E-state index contributed by atoms with van der Waals surface area (Å²) in [4.78, 5) is 0. The van der Waals surface area contributed by atoms with E-state index in [1.807, 2.05) is 31.2 Å². The molecule has 0 aliphatic rings. The molecule has 0 spiro atoms. The van der Waals surface area contributed by atoms with Gasteiger partial charge in [0, 0.05) is 18.7 Å². The lowest BCUT2D eigenvalue weighted by Gasteiger charge is -2.07. The fourth-order valence-electron chi connectivity index (χ4n) is 1.68. The standard InChI is InChI=1S/C12H14FN3/c1-8(14)9-3-5-10(6-4-9)12-11(13)7-15-16(12)2/h3-8H,14H2,1-2H3/t8-/m0/s1. The summed E-state index contributed by atoms with van der Waals surface area (Å²) in [6, 6.07) is 7.53. The fourth-order valence-corrected chi connectivity index (χ4v) is 1.68. The largest absolute Gasteiger partial charge is 0.324 e. The first-order valence-corrected chi connectivity index (χ1v) is 5.13. The Morgan fingerprint density at radius 2 is 1.94 bits per heavy atom. The summed E-state index contributed by atoms with van der Waals surface area (Å²) in [7, 11) is 1.72. The van der Waals surface area contributed by atoms with Gasteiger partial charge in [-0.15, -0.1) is 0 Å². The molecular weight excluding hydrogens is 205 g/mol. The zero-order chi connectivity index (χ0) is 11.7. The average Bonchev–Trinajstić information content (AvgIpc) is 2.59. The van der Waals surface area contributed by atoms with Gasteiger partial charge in [0.2, 0.25) is 0 Å². The number of hydrogen-bond acceptors (Lipinski definition) is 2. The van der Waals surface area contributed by atoms with Crippen molar-refractivity contribution < 1.29 is 4.39 Å². The Morgan fingerprint density at radius 1 is 1.31 bits per heavy atom. The molecule has 1 atom stereocenters. The third-order valence-electron chi connectivity index (χ3n) is 2.60. The normalized spacial score (nSPS) is 12.8. The maximum Gasteiger partial charge on any atom is 0.169 e. The highest BCUT2D eigenvalue weighted by atomic mass is 19.1. The van der Waals surface area contributed by atoms with Gasteiger partial charge in [0.1, 0.15) is 5.69 Å². The summed E-state index contributed by atoms with van der Waals surface area (Å²) in [5.41, 5.74) is 8.09. The van der Waals surface area contributed by atoms with Crippen molar-refractivity contribution in [1.29, 1.82) is 0 Å². The third-order valence-corrected chi connectivity index (χ3v) is 2.60. The van der Waals surface area contributed by atoms with Crippen molar-refractivity contribution in [2.24, 2.45) is 12.8 Å². The molecule has 4 heteroatoms. The third kappa shape index (κ3) is 1.84. The summed E-state index contributed by atoms with van der Waals surface area (Å²) in [6.07, 6.45) is 1.22. The minimum atomic E-state index is -0.309. The molecule has 0 radical (unpaired) electrons. The summed E-state index contributed by atoms with van der Waals surface area (Å²) in [5.74, 6) is -0.309. The van der Waals surface area contributed by atoms with Crippen LogP contribution in [-0.2, 0) is 7.05 Å². The fraction of sp³-hybridized carbons (Fsp3) is 0.250. The first-order chi connectivity index (χ1) is 7.59. The lowest BCUT2D eigenvalue weighted by atomic mass is 10.1. The van der Waals surface area contributed by atoms with E-state index in [2.05, 4.69) is 5.10 Å². The van der Waals surface area contributed by atoms with Crippen LogP contribution in [0.4, 0.5) is 4.39 Å². The molecule has 0 aliphatic heterocycles. The molecule has 84 valence electrons. The Bertz CT molecular complexity index is 466. The Hall–Kier alpha value is -1.68. The molecule has 0 aliphatic carbocycles. The van der Waals surface area contributed by atoms with Crippen LogP contribution < -0.4 is 5.73 Å². The second-order valence-electron chi connectivity index (χ2n) is 3.88. The number of aromatic nitrogens is 2. The van der Waals surface area contributed by atoms with Crippen LogP contribution in [0.1, 0.15) is 18.5 Å². The molecule has 0 fully saturated rings. The van der Waals surface area contributed by atoms with Crippen LogP contribution in [-0.4, -0.2) is 9.78 Å². The van der Waals surface area contributed by atoms with Gasteiger partial charge in [-0.05, 0) is 12.5 Å².